The lowest BCUT2D eigenvalue weighted by Crippen LogP contribution is -2.35. The predicted molar refractivity (Wildman–Crippen MR) is 77.0 cm³/mol. The van der Waals surface area contributed by atoms with Crippen molar-refractivity contribution in [1.82, 2.24) is 5.32 Å². The fourth-order valence-corrected chi connectivity index (χ4v) is 2.41. The molecule has 8 heteroatoms. The van der Waals surface area contributed by atoms with Gasteiger partial charge in [-0.25, -0.2) is 4.79 Å². The average molecular weight is 337 g/mol. The van der Waals surface area contributed by atoms with Crippen LogP contribution in [0.1, 0.15) is 18.4 Å². The average Bonchev–Trinajstić information content (AvgIpc) is 2.47. The molecule has 1 heterocycles. The summed E-state index contributed by atoms with van der Waals surface area (Å²) in [5.41, 5.74) is -0.933. The number of alkyl halides is 3. The predicted octanol–water partition coefficient (Wildman–Crippen LogP) is 3.91. The van der Waals surface area contributed by atoms with Crippen LogP contribution in [0.5, 0.6) is 0 Å². The van der Waals surface area contributed by atoms with Crippen molar-refractivity contribution in [2.75, 3.05) is 25.1 Å². The van der Waals surface area contributed by atoms with Gasteiger partial charge in [0.05, 0.1) is 10.6 Å². The van der Waals surface area contributed by atoms with E-state index in [1.54, 1.807) is 0 Å². The molecule has 1 fully saturated rings. The summed E-state index contributed by atoms with van der Waals surface area (Å²) in [6.45, 7) is 1.80. The first-order valence-corrected chi connectivity index (χ1v) is 7.23. The summed E-state index contributed by atoms with van der Waals surface area (Å²) < 4.78 is 43.4. The van der Waals surface area contributed by atoms with Crippen LogP contribution in [-0.4, -0.2) is 25.8 Å². The number of rotatable bonds is 3. The minimum Gasteiger partial charge on any atom is -0.381 e. The van der Waals surface area contributed by atoms with E-state index in [1.165, 1.54) is 6.07 Å². The summed E-state index contributed by atoms with van der Waals surface area (Å²) in [6, 6.07) is 2.71. The molecular formula is C14H16ClF3N2O2. The second kappa shape index (κ2) is 7.19. The van der Waals surface area contributed by atoms with Gasteiger partial charge in [0.25, 0.3) is 0 Å². The Morgan fingerprint density at radius 3 is 2.64 bits per heavy atom. The molecule has 0 atom stereocenters. The van der Waals surface area contributed by atoms with Crippen molar-refractivity contribution in [2.24, 2.45) is 5.92 Å². The smallest absolute Gasteiger partial charge is 0.381 e. The van der Waals surface area contributed by atoms with Crippen LogP contribution in [0.15, 0.2) is 18.2 Å². The third-order valence-electron chi connectivity index (χ3n) is 3.42. The first kappa shape index (κ1) is 16.9. The minimum absolute atomic E-state index is 0.0428. The minimum atomic E-state index is -4.56. The molecule has 1 aliphatic rings. The van der Waals surface area contributed by atoms with Crippen LogP contribution in [0.25, 0.3) is 0 Å². The lowest BCUT2D eigenvalue weighted by Gasteiger charge is -2.22. The Balaban J connectivity index is 1.91. The Hall–Kier alpha value is -1.47. The number of carbonyl (C=O) groups is 1. The number of nitrogens with one attached hydrogen (secondary N) is 2. The molecule has 2 rings (SSSR count). The molecule has 122 valence electrons. The zero-order valence-electron chi connectivity index (χ0n) is 11.7. The Labute approximate surface area is 131 Å². The van der Waals surface area contributed by atoms with Crippen molar-refractivity contribution in [3.05, 3.63) is 28.8 Å². The maximum absolute atomic E-state index is 12.7. The molecule has 0 radical (unpaired) electrons. The zero-order valence-corrected chi connectivity index (χ0v) is 12.4. The number of urea groups is 1. The van der Waals surface area contributed by atoms with E-state index < -0.39 is 22.8 Å². The normalized spacial score (nSPS) is 16.4. The molecule has 0 aromatic heterocycles. The summed E-state index contributed by atoms with van der Waals surface area (Å²) in [5.74, 6) is 0.329. The van der Waals surface area contributed by atoms with Crippen LogP contribution in [0.3, 0.4) is 0 Å². The topological polar surface area (TPSA) is 50.4 Å². The van der Waals surface area contributed by atoms with Gasteiger partial charge >= 0.3 is 12.2 Å². The largest absolute Gasteiger partial charge is 0.417 e. The van der Waals surface area contributed by atoms with E-state index in [0.29, 0.717) is 25.7 Å². The first-order chi connectivity index (χ1) is 10.4. The highest BCUT2D eigenvalue weighted by Gasteiger charge is 2.33. The lowest BCUT2D eigenvalue weighted by molar-refractivity contribution is -0.137. The summed E-state index contributed by atoms with van der Waals surface area (Å²) in [5, 5.41) is 4.63. The molecule has 0 unspecified atom stereocenters. The SMILES string of the molecule is O=C(NCC1CCOCC1)Nc1ccc(Cl)c(C(F)(F)F)c1. The quantitative estimate of drug-likeness (QED) is 0.879. The van der Waals surface area contributed by atoms with Gasteiger partial charge < -0.3 is 15.4 Å². The van der Waals surface area contributed by atoms with Crippen molar-refractivity contribution in [3.63, 3.8) is 0 Å². The number of hydrogen-bond acceptors (Lipinski definition) is 2. The van der Waals surface area contributed by atoms with Crippen molar-refractivity contribution in [2.45, 2.75) is 19.0 Å². The number of hydrogen-bond donors (Lipinski definition) is 2. The van der Waals surface area contributed by atoms with Crippen LogP contribution in [0.4, 0.5) is 23.7 Å². The van der Waals surface area contributed by atoms with Crippen LogP contribution in [0, 0.1) is 5.92 Å². The summed E-state index contributed by atoms with van der Waals surface area (Å²) >= 11 is 5.52. The third kappa shape index (κ3) is 4.78. The van der Waals surface area contributed by atoms with E-state index in [0.717, 1.165) is 25.0 Å². The van der Waals surface area contributed by atoms with E-state index in [9.17, 15) is 18.0 Å². The fourth-order valence-electron chi connectivity index (χ4n) is 2.18. The number of amides is 2. The van der Waals surface area contributed by atoms with Crippen molar-refractivity contribution in [1.29, 1.82) is 0 Å². The number of benzene rings is 1. The van der Waals surface area contributed by atoms with Gasteiger partial charge in [0, 0.05) is 25.4 Å². The highest BCUT2D eigenvalue weighted by atomic mass is 35.5. The van der Waals surface area contributed by atoms with E-state index in [2.05, 4.69) is 10.6 Å². The molecule has 0 aliphatic carbocycles. The Bertz CT molecular complexity index is 531. The van der Waals surface area contributed by atoms with Crippen LogP contribution >= 0.6 is 11.6 Å². The van der Waals surface area contributed by atoms with Gasteiger partial charge in [0.2, 0.25) is 0 Å². The molecule has 4 nitrogen and oxygen atoms in total. The summed E-state index contributed by atoms with van der Waals surface area (Å²) in [6.07, 6.45) is -2.84. The van der Waals surface area contributed by atoms with E-state index >= 15 is 0 Å². The zero-order chi connectivity index (χ0) is 16.2. The third-order valence-corrected chi connectivity index (χ3v) is 3.75. The van der Waals surface area contributed by atoms with E-state index in [1.807, 2.05) is 0 Å². The van der Waals surface area contributed by atoms with Gasteiger partial charge in [-0.15, -0.1) is 0 Å². The highest BCUT2D eigenvalue weighted by molar-refractivity contribution is 6.31. The molecule has 1 saturated heterocycles. The van der Waals surface area contributed by atoms with Crippen molar-refractivity contribution in [3.8, 4) is 0 Å². The molecule has 0 saturated carbocycles. The van der Waals surface area contributed by atoms with E-state index in [-0.39, 0.29) is 5.69 Å². The molecule has 2 amide bonds. The number of anilines is 1. The second-order valence-corrected chi connectivity index (χ2v) is 5.49. The molecule has 1 aliphatic heterocycles. The molecular weight excluding hydrogens is 321 g/mol. The number of halogens is 4. The molecule has 0 spiro atoms. The Kier molecular flexibility index (Phi) is 5.52. The van der Waals surface area contributed by atoms with Crippen LogP contribution in [-0.2, 0) is 10.9 Å². The molecule has 0 bridgehead atoms. The standard InChI is InChI=1S/C14H16ClF3N2O2/c15-12-2-1-10(7-11(12)14(16,17)18)20-13(21)19-8-9-3-5-22-6-4-9/h1-2,7,9H,3-6,8H2,(H2,19,20,21). The molecule has 1 aromatic rings. The Morgan fingerprint density at radius 1 is 1.32 bits per heavy atom. The molecule has 22 heavy (non-hydrogen) atoms. The summed E-state index contributed by atoms with van der Waals surface area (Å²) in [4.78, 5) is 11.7. The monoisotopic (exact) mass is 336 g/mol. The van der Waals surface area contributed by atoms with Crippen LogP contribution < -0.4 is 10.6 Å². The van der Waals surface area contributed by atoms with Gasteiger partial charge in [-0.2, -0.15) is 13.2 Å². The second-order valence-electron chi connectivity index (χ2n) is 5.08. The van der Waals surface area contributed by atoms with Gasteiger partial charge in [-0.05, 0) is 37.0 Å². The fraction of sp³-hybridized carbons (Fsp3) is 0.500. The Morgan fingerprint density at radius 2 is 2.00 bits per heavy atom. The van der Waals surface area contributed by atoms with Gasteiger partial charge in [-0.3, -0.25) is 0 Å². The molecule has 2 N–H and O–H groups in total. The number of ether oxygens (including phenoxy) is 1. The highest BCUT2D eigenvalue weighted by Crippen LogP contribution is 2.36. The first-order valence-electron chi connectivity index (χ1n) is 6.85. The van der Waals surface area contributed by atoms with Gasteiger partial charge in [-0.1, -0.05) is 11.6 Å². The van der Waals surface area contributed by atoms with Crippen molar-refractivity contribution >= 4 is 23.3 Å². The molecule has 1 aromatic carbocycles. The maximum Gasteiger partial charge on any atom is 0.417 e. The van der Waals surface area contributed by atoms with Gasteiger partial charge in [0.15, 0.2) is 0 Å². The van der Waals surface area contributed by atoms with E-state index in [4.69, 9.17) is 16.3 Å². The number of carbonyl (C=O) groups excluding carboxylic acids is 1. The maximum atomic E-state index is 12.7. The lowest BCUT2D eigenvalue weighted by atomic mass is 10.0. The van der Waals surface area contributed by atoms with Crippen molar-refractivity contribution < 1.29 is 22.7 Å². The van der Waals surface area contributed by atoms with Gasteiger partial charge in [0.1, 0.15) is 0 Å². The summed E-state index contributed by atoms with van der Waals surface area (Å²) in [7, 11) is 0. The van der Waals surface area contributed by atoms with Crippen LogP contribution in [0.2, 0.25) is 5.02 Å².